The fourth-order valence-electron chi connectivity index (χ4n) is 1.42. The number of rotatable bonds is 5. The van der Waals surface area contributed by atoms with Gasteiger partial charge in [-0.15, -0.1) is 6.58 Å². The molecule has 1 aromatic rings. The molecule has 92 valence electrons. The van der Waals surface area contributed by atoms with Crippen molar-refractivity contribution < 1.29 is 18.3 Å². The Balaban J connectivity index is 3.25. The van der Waals surface area contributed by atoms with E-state index in [0.717, 1.165) is 0 Å². The Morgan fingerprint density at radius 1 is 1.47 bits per heavy atom. The summed E-state index contributed by atoms with van der Waals surface area (Å²) in [6, 6.07) is 4.10. The maximum Gasteiger partial charge on any atom is 0.335 e. The van der Waals surface area contributed by atoms with E-state index in [4.69, 9.17) is 5.11 Å². The summed E-state index contributed by atoms with van der Waals surface area (Å²) in [5, 5.41) is 8.83. The third-order valence-corrected chi connectivity index (χ3v) is 4.24. The number of hydrogen-bond donors (Lipinski definition) is 1. The number of benzene rings is 1. The van der Waals surface area contributed by atoms with Gasteiger partial charge in [0.05, 0.1) is 16.2 Å². The van der Waals surface area contributed by atoms with Gasteiger partial charge in [0.25, 0.3) is 0 Å². The zero-order valence-corrected chi connectivity index (χ0v) is 10.3. The van der Waals surface area contributed by atoms with Crippen LogP contribution in [0.1, 0.15) is 22.3 Å². The van der Waals surface area contributed by atoms with Crippen molar-refractivity contribution in [3.05, 3.63) is 42.0 Å². The van der Waals surface area contributed by atoms with Crippen molar-refractivity contribution in [1.29, 1.82) is 0 Å². The standard InChI is InChI=1S/C12H14O4S/c1-3-4-7-17(15,16)11-8-10(12(13)14)6-5-9(11)2/h3,5-6,8H,1,4,7H2,2H3,(H,13,14). The van der Waals surface area contributed by atoms with Gasteiger partial charge in [-0.05, 0) is 31.0 Å². The average Bonchev–Trinajstić information content (AvgIpc) is 2.26. The van der Waals surface area contributed by atoms with E-state index in [1.165, 1.54) is 24.3 Å². The molecular formula is C12H14O4S. The molecule has 4 nitrogen and oxygen atoms in total. The fraction of sp³-hybridized carbons (Fsp3) is 0.250. The van der Waals surface area contributed by atoms with Crippen LogP contribution in [0, 0.1) is 6.92 Å². The normalized spacial score (nSPS) is 11.1. The van der Waals surface area contributed by atoms with Crippen LogP contribution in [0.2, 0.25) is 0 Å². The average molecular weight is 254 g/mol. The quantitative estimate of drug-likeness (QED) is 0.816. The van der Waals surface area contributed by atoms with E-state index in [1.54, 1.807) is 6.92 Å². The molecule has 17 heavy (non-hydrogen) atoms. The number of allylic oxidation sites excluding steroid dienone is 1. The summed E-state index contributed by atoms with van der Waals surface area (Å²) in [6.45, 7) is 5.11. The number of aryl methyl sites for hydroxylation is 1. The van der Waals surface area contributed by atoms with Crippen molar-refractivity contribution in [2.45, 2.75) is 18.2 Å². The Bertz CT molecular complexity index is 544. The van der Waals surface area contributed by atoms with Gasteiger partial charge in [0.1, 0.15) is 0 Å². The van der Waals surface area contributed by atoms with Crippen LogP contribution in [-0.4, -0.2) is 25.2 Å². The molecule has 0 aliphatic heterocycles. The largest absolute Gasteiger partial charge is 0.478 e. The first-order valence-corrected chi connectivity index (χ1v) is 6.71. The molecule has 0 bridgehead atoms. The number of aromatic carboxylic acids is 1. The first kappa shape index (κ1) is 13.4. The van der Waals surface area contributed by atoms with Gasteiger partial charge in [-0.1, -0.05) is 12.1 Å². The van der Waals surface area contributed by atoms with E-state index in [0.29, 0.717) is 12.0 Å². The highest BCUT2D eigenvalue weighted by Crippen LogP contribution is 2.19. The van der Waals surface area contributed by atoms with E-state index in [9.17, 15) is 13.2 Å². The second-order valence-corrected chi connectivity index (χ2v) is 5.76. The third kappa shape index (κ3) is 3.17. The molecule has 0 amide bonds. The van der Waals surface area contributed by atoms with Crippen molar-refractivity contribution in [2.75, 3.05) is 5.75 Å². The summed E-state index contributed by atoms with van der Waals surface area (Å²) in [4.78, 5) is 10.9. The lowest BCUT2D eigenvalue weighted by Crippen LogP contribution is -2.09. The Kier molecular flexibility index (Phi) is 4.07. The molecule has 5 heteroatoms. The van der Waals surface area contributed by atoms with Crippen molar-refractivity contribution in [2.24, 2.45) is 0 Å². The van der Waals surface area contributed by atoms with E-state index in [2.05, 4.69) is 6.58 Å². The third-order valence-electron chi connectivity index (χ3n) is 2.36. The molecule has 0 saturated carbocycles. The lowest BCUT2D eigenvalue weighted by Gasteiger charge is -2.07. The number of carbonyl (C=O) groups is 1. The van der Waals surface area contributed by atoms with Crippen LogP contribution < -0.4 is 0 Å². The second-order valence-electron chi connectivity index (χ2n) is 3.68. The molecule has 0 aliphatic carbocycles. The Morgan fingerprint density at radius 3 is 2.65 bits per heavy atom. The Morgan fingerprint density at radius 2 is 2.12 bits per heavy atom. The maximum absolute atomic E-state index is 11.9. The van der Waals surface area contributed by atoms with Crippen LogP contribution >= 0.6 is 0 Å². The van der Waals surface area contributed by atoms with Gasteiger partial charge in [0, 0.05) is 0 Å². The lowest BCUT2D eigenvalue weighted by molar-refractivity contribution is 0.0696. The lowest BCUT2D eigenvalue weighted by atomic mass is 10.1. The molecule has 0 aliphatic rings. The Hall–Kier alpha value is -1.62. The molecule has 1 rings (SSSR count). The SMILES string of the molecule is C=CCCS(=O)(=O)c1cc(C(=O)O)ccc1C. The molecule has 0 atom stereocenters. The summed E-state index contributed by atoms with van der Waals surface area (Å²) in [6.07, 6.45) is 1.87. The van der Waals surface area contributed by atoms with Crippen LogP contribution in [0.25, 0.3) is 0 Å². The zero-order valence-electron chi connectivity index (χ0n) is 9.51. The molecular weight excluding hydrogens is 240 g/mol. The minimum Gasteiger partial charge on any atom is -0.478 e. The Labute approximate surface area is 101 Å². The number of sulfone groups is 1. The molecule has 0 fully saturated rings. The van der Waals surface area contributed by atoms with Crippen molar-refractivity contribution in [3.8, 4) is 0 Å². The zero-order chi connectivity index (χ0) is 13.1. The summed E-state index contributed by atoms with van der Waals surface area (Å²) in [7, 11) is -3.44. The summed E-state index contributed by atoms with van der Waals surface area (Å²) in [5.41, 5.74) is 0.534. The predicted octanol–water partition coefficient (Wildman–Crippen LogP) is 2.04. The predicted molar refractivity (Wildman–Crippen MR) is 65.0 cm³/mol. The summed E-state index contributed by atoms with van der Waals surface area (Å²) >= 11 is 0. The van der Waals surface area contributed by atoms with E-state index >= 15 is 0 Å². The van der Waals surface area contributed by atoms with Gasteiger partial charge in [0.15, 0.2) is 9.84 Å². The minimum absolute atomic E-state index is 0.0206. The highest BCUT2D eigenvalue weighted by Gasteiger charge is 2.18. The van der Waals surface area contributed by atoms with Gasteiger partial charge in [-0.25, -0.2) is 13.2 Å². The molecule has 1 aromatic carbocycles. The maximum atomic E-state index is 11.9. The summed E-state index contributed by atoms with van der Waals surface area (Å²) in [5.74, 6) is -1.19. The monoisotopic (exact) mass is 254 g/mol. The van der Waals surface area contributed by atoms with Crippen LogP contribution in [0.5, 0.6) is 0 Å². The first-order valence-electron chi connectivity index (χ1n) is 5.06. The van der Waals surface area contributed by atoms with Gasteiger partial charge in [-0.2, -0.15) is 0 Å². The van der Waals surface area contributed by atoms with E-state index < -0.39 is 15.8 Å². The van der Waals surface area contributed by atoms with Gasteiger partial charge >= 0.3 is 5.97 Å². The van der Waals surface area contributed by atoms with Gasteiger partial charge in [-0.3, -0.25) is 0 Å². The van der Waals surface area contributed by atoms with Crippen LogP contribution in [0.4, 0.5) is 0 Å². The number of hydrogen-bond acceptors (Lipinski definition) is 3. The summed E-state index contributed by atoms with van der Waals surface area (Å²) < 4.78 is 23.9. The van der Waals surface area contributed by atoms with Crippen molar-refractivity contribution in [3.63, 3.8) is 0 Å². The molecule has 0 saturated heterocycles. The molecule has 0 aromatic heterocycles. The second kappa shape index (κ2) is 5.14. The minimum atomic E-state index is -3.44. The molecule has 0 unspecified atom stereocenters. The molecule has 0 spiro atoms. The first-order chi connectivity index (χ1) is 7.88. The highest BCUT2D eigenvalue weighted by atomic mass is 32.2. The van der Waals surface area contributed by atoms with Crippen LogP contribution in [0.3, 0.4) is 0 Å². The molecule has 0 heterocycles. The van der Waals surface area contributed by atoms with Crippen molar-refractivity contribution >= 4 is 15.8 Å². The number of carboxylic acids is 1. The molecule has 1 N–H and O–H groups in total. The highest BCUT2D eigenvalue weighted by molar-refractivity contribution is 7.91. The fourth-order valence-corrected chi connectivity index (χ4v) is 2.98. The van der Waals surface area contributed by atoms with Crippen LogP contribution in [0.15, 0.2) is 35.7 Å². The van der Waals surface area contributed by atoms with E-state index in [1.807, 2.05) is 0 Å². The number of carboxylic acid groups (broad SMARTS) is 1. The van der Waals surface area contributed by atoms with Crippen LogP contribution in [-0.2, 0) is 9.84 Å². The van der Waals surface area contributed by atoms with Crippen molar-refractivity contribution in [1.82, 2.24) is 0 Å². The van der Waals surface area contributed by atoms with Gasteiger partial charge in [0.2, 0.25) is 0 Å². The van der Waals surface area contributed by atoms with E-state index in [-0.39, 0.29) is 16.2 Å². The molecule has 0 radical (unpaired) electrons. The smallest absolute Gasteiger partial charge is 0.335 e. The topological polar surface area (TPSA) is 71.4 Å². The van der Waals surface area contributed by atoms with Gasteiger partial charge < -0.3 is 5.11 Å².